The second-order valence-electron chi connectivity index (χ2n) is 9.95. The van der Waals surface area contributed by atoms with Crippen molar-refractivity contribution < 1.29 is 13.6 Å². The summed E-state index contributed by atoms with van der Waals surface area (Å²) < 4.78 is 27.3. The minimum Gasteiger partial charge on any atom is -0.336 e. The third-order valence-electron chi connectivity index (χ3n) is 7.00. The topological polar surface area (TPSA) is 116 Å². The van der Waals surface area contributed by atoms with Gasteiger partial charge in [0, 0.05) is 49.1 Å². The molecule has 1 saturated heterocycles. The first-order valence-corrected chi connectivity index (χ1v) is 13.5. The van der Waals surface area contributed by atoms with E-state index in [0.717, 1.165) is 32.4 Å². The molecule has 6 aromatic heterocycles. The molecule has 0 aromatic carbocycles. The Bertz CT molecular complexity index is 1910. The van der Waals surface area contributed by atoms with E-state index in [1.54, 1.807) is 42.7 Å². The number of hydrogen-bond acceptors (Lipinski definition) is 8. The van der Waals surface area contributed by atoms with Crippen LogP contribution in [-0.2, 0) is 6.54 Å². The molecule has 0 saturated carbocycles. The van der Waals surface area contributed by atoms with E-state index in [9.17, 15) is 13.6 Å². The maximum atomic E-state index is 13.6. The minimum absolute atomic E-state index is 0.0110. The zero-order chi connectivity index (χ0) is 27.4. The number of carbonyl (C=O) groups excluding carboxylic acids is 1. The van der Waals surface area contributed by atoms with Crippen LogP contribution in [0.4, 0.5) is 8.78 Å². The number of thiophene rings is 1. The summed E-state index contributed by atoms with van der Waals surface area (Å²) in [7, 11) is 0. The van der Waals surface area contributed by atoms with Gasteiger partial charge in [-0.05, 0) is 42.8 Å². The fraction of sp³-hybridized carbons (Fsp3) is 0.214. The van der Waals surface area contributed by atoms with Crippen LogP contribution in [-0.4, -0.2) is 64.8 Å². The van der Waals surface area contributed by atoms with Gasteiger partial charge in [-0.25, -0.2) is 13.8 Å². The molecule has 40 heavy (non-hydrogen) atoms. The van der Waals surface area contributed by atoms with E-state index in [1.807, 2.05) is 24.3 Å². The van der Waals surface area contributed by atoms with E-state index < -0.39 is 5.92 Å². The summed E-state index contributed by atoms with van der Waals surface area (Å²) in [6, 6.07) is 9.40. The highest BCUT2D eigenvalue weighted by atomic mass is 32.1. The molecule has 7 rings (SSSR count). The Morgan fingerprint density at radius 3 is 2.80 bits per heavy atom. The largest absolute Gasteiger partial charge is 0.336 e. The second kappa shape index (κ2) is 9.35. The fourth-order valence-corrected chi connectivity index (χ4v) is 5.95. The Balaban J connectivity index is 1.24. The van der Waals surface area contributed by atoms with Crippen molar-refractivity contribution in [1.29, 1.82) is 0 Å². The number of imidazole rings is 1. The van der Waals surface area contributed by atoms with E-state index in [0.29, 0.717) is 46.4 Å². The molecule has 9 nitrogen and oxygen atoms in total. The van der Waals surface area contributed by atoms with E-state index in [-0.39, 0.29) is 18.7 Å². The highest BCUT2D eigenvalue weighted by molar-refractivity contribution is 7.17. The molecule has 1 aliphatic heterocycles. The molecular formula is C28H22F2N8OS. The summed E-state index contributed by atoms with van der Waals surface area (Å²) in [5.41, 5.74) is 5.86. The summed E-state index contributed by atoms with van der Waals surface area (Å²) >= 11 is 1.39. The average molecular weight is 557 g/mol. The summed E-state index contributed by atoms with van der Waals surface area (Å²) in [6.07, 6.45) is 6.72. The van der Waals surface area contributed by atoms with Crippen molar-refractivity contribution in [2.45, 2.75) is 25.8 Å². The molecule has 0 aliphatic carbocycles. The third kappa shape index (κ3) is 4.44. The van der Waals surface area contributed by atoms with Crippen molar-refractivity contribution in [2.24, 2.45) is 0 Å². The third-order valence-corrected chi connectivity index (χ3v) is 8.20. The molecule has 6 aromatic rings. The number of pyridine rings is 3. The van der Waals surface area contributed by atoms with Gasteiger partial charge in [0.25, 0.3) is 5.92 Å². The van der Waals surface area contributed by atoms with Gasteiger partial charge >= 0.3 is 0 Å². The number of nitrogens with one attached hydrogen (secondary N) is 2. The van der Waals surface area contributed by atoms with E-state index in [1.165, 1.54) is 11.3 Å². The molecule has 0 atom stereocenters. The molecule has 1 fully saturated rings. The summed E-state index contributed by atoms with van der Waals surface area (Å²) in [4.78, 5) is 36.7. The zero-order valence-electron chi connectivity index (χ0n) is 21.3. The number of Topliss-reactive ketones (excluding diaryl/α,β-unsaturated/α-hetero) is 1. The molecule has 200 valence electrons. The van der Waals surface area contributed by atoms with Crippen molar-refractivity contribution in [2.75, 3.05) is 13.1 Å². The number of aromatic nitrogens is 7. The van der Waals surface area contributed by atoms with E-state index in [2.05, 4.69) is 30.1 Å². The highest BCUT2D eigenvalue weighted by Crippen LogP contribution is 2.34. The number of rotatable bonds is 6. The number of H-pyrrole nitrogens is 2. The number of fused-ring (bicyclic) bond motifs is 2. The molecule has 0 spiro atoms. The number of carbonyl (C=O) groups is 1. The standard InChI is InChI=1S/C28H22F2N8OS/c1-15(39)22-2-3-23(40-22)26-25-19(4-6-32-26)34-27(35-25)24-18-9-20(33-12-21(18)36-37-24)17-8-16(10-31-11-17)13-38-7-5-28(29,30)14-38/h2-4,6,8-12H,5,7,13-14H2,1H3,(H,34,35)(H,36,37). The van der Waals surface area contributed by atoms with Crippen molar-refractivity contribution >= 4 is 39.1 Å². The molecule has 12 heteroatoms. The molecule has 7 heterocycles. The second-order valence-corrected chi connectivity index (χ2v) is 11.0. The lowest BCUT2D eigenvalue weighted by molar-refractivity contribution is 0.0115. The first-order chi connectivity index (χ1) is 19.3. The number of nitrogens with zero attached hydrogens (tertiary/aromatic N) is 6. The Hall–Kier alpha value is -4.42. The van der Waals surface area contributed by atoms with Crippen LogP contribution < -0.4 is 0 Å². The smallest absolute Gasteiger partial charge is 0.261 e. The molecule has 0 amide bonds. The normalized spacial score (nSPS) is 15.4. The van der Waals surface area contributed by atoms with Crippen LogP contribution in [0, 0.1) is 0 Å². The van der Waals surface area contributed by atoms with Gasteiger partial charge in [0.15, 0.2) is 11.6 Å². The number of alkyl halides is 2. The first kappa shape index (κ1) is 24.6. The SMILES string of the molecule is CC(=O)c1ccc(-c2nccc3[nH]c(-c4n[nH]c5cnc(-c6cncc(CN7CCC(F)(F)C7)c6)cc45)nc23)s1. The highest BCUT2D eigenvalue weighted by Gasteiger charge is 2.37. The van der Waals surface area contributed by atoms with E-state index >= 15 is 0 Å². The molecule has 0 radical (unpaired) electrons. The van der Waals surface area contributed by atoms with Gasteiger partial charge in [0.2, 0.25) is 0 Å². The number of ketones is 1. The monoisotopic (exact) mass is 556 g/mol. The van der Waals surface area contributed by atoms with Gasteiger partial charge in [-0.1, -0.05) is 0 Å². The Morgan fingerprint density at radius 1 is 1.10 bits per heavy atom. The maximum Gasteiger partial charge on any atom is 0.261 e. The number of aromatic amines is 2. The van der Waals surface area contributed by atoms with Crippen LogP contribution in [0.1, 0.15) is 28.6 Å². The molecule has 1 aliphatic rings. The zero-order valence-corrected chi connectivity index (χ0v) is 22.1. The van der Waals surface area contributed by atoms with Crippen LogP contribution in [0.2, 0.25) is 0 Å². The lowest BCUT2D eigenvalue weighted by Gasteiger charge is -2.15. The van der Waals surface area contributed by atoms with Gasteiger partial charge < -0.3 is 4.98 Å². The lowest BCUT2D eigenvalue weighted by Crippen LogP contribution is -2.24. The van der Waals surface area contributed by atoms with Gasteiger partial charge in [-0.15, -0.1) is 11.3 Å². The van der Waals surface area contributed by atoms with Crippen LogP contribution >= 0.6 is 11.3 Å². The van der Waals surface area contributed by atoms with Crippen LogP contribution in [0.3, 0.4) is 0 Å². The quantitative estimate of drug-likeness (QED) is 0.252. The average Bonchev–Trinajstić information content (AvgIpc) is 3.73. The molecular weight excluding hydrogens is 534 g/mol. The van der Waals surface area contributed by atoms with Crippen molar-refractivity contribution in [3.8, 4) is 33.3 Å². The number of likely N-dealkylation sites (tertiary alicyclic amines) is 1. The Morgan fingerprint density at radius 2 is 2.00 bits per heavy atom. The lowest BCUT2D eigenvalue weighted by atomic mass is 10.1. The first-order valence-electron chi connectivity index (χ1n) is 12.7. The number of halogens is 2. The molecule has 0 unspecified atom stereocenters. The maximum absolute atomic E-state index is 13.6. The van der Waals surface area contributed by atoms with E-state index in [4.69, 9.17) is 4.98 Å². The molecule has 0 bridgehead atoms. The van der Waals surface area contributed by atoms with Gasteiger partial charge in [0.05, 0.1) is 39.2 Å². The van der Waals surface area contributed by atoms with Gasteiger partial charge in [0.1, 0.15) is 16.9 Å². The minimum atomic E-state index is -2.63. The van der Waals surface area contributed by atoms with Crippen LogP contribution in [0.5, 0.6) is 0 Å². The van der Waals surface area contributed by atoms with Gasteiger partial charge in [-0.3, -0.25) is 29.7 Å². The predicted molar refractivity (Wildman–Crippen MR) is 148 cm³/mol. The summed E-state index contributed by atoms with van der Waals surface area (Å²) in [5.74, 6) is -2.06. The number of hydrogen-bond donors (Lipinski definition) is 2. The van der Waals surface area contributed by atoms with Gasteiger partial charge in [-0.2, -0.15) is 5.10 Å². The fourth-order valence-electron chi connectivity index (χ4n) is 5.05. The van der Waals surface area contributed by atoms with Crippen LogP contribution in [0.15, 0.2) is 55.1 Å². The van der Waals surface area contributed by atoms with Crippen molar-refractivity contribution in [3.05, 3.63) is 65.6 Å². The molecule has 2 N–H and O–H groups in total. The van der Waals surface area contributed by atoms with Crippen molar-refractivity contribution in [1.82, 2.24) is 40.0 Å². The Kier molecular flexibility index (Phi) is 5.75. The Labute approximate surface area is 230 Å². The van der Waals surface area contributed by atoms with Crippen LogP contribution in [0.25, 0.3) is 55.3 Å². The summed E-state index contributed by atoms with van der Waals surface area (Å²) in [6.45, 7) is 2.07. The predicted octanol–water partition coefficient (Wildman–Crippen LogP) is 5.73. The van der Waals surface area contributed by atoms with Crippen molar-refractivity contribution in [3.63, 3.8) is 0 Å². The summed E-state index contributed by atoms with van der Waals surface area (Å²) in [5, 5.41) is 8.35.